The minimum atomic E-state index is -0.770. The predicted octanol–water partition coefficient (Wildman–Crippen LogP) is 2.11. The molecule has 2 aromatic rings. The van der Waals surface area contributed by atoms with Gasteiger partial charge in [-0.1, -0.05) is 6.07 Å². The van der Waals surface area contributed by atoms with E-state index in [9.17, 15) is 19.7 Å². The van der Waals surface area contributed by atoms with E-state index in [1.165, 1.54) is 6.07 Å². The van der Waals surface area contributed by atoms with Gasteiger partial charge in [0.2, 0.25) is 5.88 Å². The number of nitro groups is 1. The Bertz CT molecular complexity index is 837. The molecular weight excluding hydrogens is 342 g/mol. The van der Waals surface area contributed by atoms with Gasteiger partial charge in [-0.2, -0.15) is 0 Å². The Morgan fingerprint density at radius 2 is 2.00 bits per heavy atom. The number of nitro benzene ring substituents is 1. The van der Waals surface area contributed by atoms with Crippen LogP contribution in [-0.2, 0) is 11.3 Å². The highest BCUT2D eigenvalue weighted by molar-refractivity contribution is 5.98. The van der Waals surface area contributed by atoms with Crippen molar-refractivity contribution in [3.8, 4) is 5.88 Å². The molecule has 0 saturated heterocycles. The second-order valence-electron chi connectivity index (χ2n) is 5.10. The summed E-state index contributed by atoms with van der Waals surface area (Å²) in [7, 11) is 1.15. The Morgan fingerprint density at radius 1 is 1.27 bits per heavy atom. The summed E-state index contributed by atoms with van der Waals surface area (Å²) >= 11 is 0. The first-order valence-electron chi connectivity index (χ1n) is 7.69. The first-order chi connectivity index (χ1) is 12.5. The van der Waals surface area contributed by atoms with Crippen molar-refractivity contribution in [2.75, 3.05) is 13.7 Å². The lowest BCUT2D eigenvalue weighted by molar-refractivity contribution is -0.384. The summed E-state index contributed by atoms with van der Waals surface area (Å²) < 4.78 is 9.94. The summed E-state index contributed by atoms with van der Waals surface area (Å²) in [5.74, 6) is -0.955. The van der Waals surface area contributed by atoms with E-state index in [0.29, 0.717) is 18.1 Å². The zero-order valence-electron chi connectivity index (χ0n) is 14.2. The molecule has 1 amide bonds. The van der Waals surface area contributed by atoms with E-state index in [1.807, 2.05) is 6.92 Å². The SMILES string of the molecule is CCOc1ncccc1CNC(=O)c1cc(C(=O)OC)cc([N+](=O)[O-])c1. The maximum Gasteiger partial charge on any atom is 0.338 e. The molecule has 1 heterocycles. The molecule has 0 aliphatic carbocycles. The zero-order valence-corrected chi connectivity index (χ0v) is 14.2. The summed E-state index contributed by atoms with van der Waals surface area (Å²) in [6.07, 6.45) is 1.57. The summed E-state index contributed by atoms with van der Waals surface area (Å²) in [5.41, 5.74) is 0.167. The van der Waals surface area contributed by atoms with Crippen LogP contribution in [0.1, 0.15) is 33.2 Å². The molecule has 2 rings (SSSR count). The first-order valence-corrected chi connectivity index (χ1v) is 7.69. The number of benzene rings is 1. The third-order valence-electron chi connectivity index (χ3n) is 3.38. The molecule has 136 valence electrons. The molecule has 0 aliphatic heterocycles. The molecule has 1 aromatic heterocycles. The molecule has 9 heteroatoms. The quantitative estimate of drug-likeness (QED) is 0.456. The number of amides is 1. The third kappa shape index (κ3) is 4.53. The number of nitrogens with one attached hydrogen (secondary N) is 1. The van der Waals surface area contributed by atoms with Gasteiger partial charge in [-0.3, -0.25) is 14.9 Å². The Labute approximate surface area is 149 Å². The predicted molar refractivity (Wildman–Crippen MR) is 91.0 cm³/mol. The monoisotopic (exact) mass is 359 g/mol. The topological polar surface area (TPSA) is 121 Å². The standard InChI is InChI=1S/C17H17N3O6/c1-3-26-16-11(5-4-6-18-16)10-19-15(21)12-7-13(17(22)25-2)9-14(8-12)20(23)24/h4-9H,3,10H2,1-2H3,(H,19,21). The summed E-state index contributed by atoms with van der Waals surface area (Å²) in [4.78, 5) is 38.5. The van der Waals surface area contributed by atoms with Gasteiger partial charge in [0.05, 0.1) is 24.2 Å². The number of carbonyl (C=O) groups is 2. The summed E-state index contributed by atoms with van der Waals surface area (Å²) in [6, 6.07) is 6.82. The van der Waals surface area contributed by atoms with Gasteiger partial charge in [-0.25, -0.2) is 9.78 Å². The van der Waals surface area contributed by atoms with E-state index in [0.717, 1.165) is 19.2 Å². The highest BCUT2D eigenvalue weighted by Crippen LogP contribution is 2.19. The number of esters is 1. The van der Waals surface area contributed by atoms with E-state index in [2.05, 4.69) is 15.0 Å². The number of methoxy groups -OCH3 is 1. The van der Waals surface area contributed by atoms with E-state index in [4.69, 9.17) is 4.74 Å². The number of nitrogens with zero attached hydrogens (tertiary/aromatic N) is 2. The van der Waals surface area contributed by atoms with E-state index in [-0.39, 0.29) is 23.4 Å². The van der Waals surface area contributed by atoms with Crippen LogP contribution in [0.25, 0.3) is 0 Å². The average Bonchev–Trinajstić information content (AvgIpc) is 2.66. The van der Waals surface area contributed by atoms with Crippen molar-refractivity contribution in [3.05, 3.63) is 63.3 Å². The lowest BCUT2D eigenvalue weighted by atomic mass is 10.1. The van der Waals surface area contributed by atoms with Crippen molar-refractivity contribution in [2.45, 2.75) is 13.5 Å². The largest absolute Gasteiger partial charge is 0.478 e. The number of hydrogen-bond donors (Lipinski definition) is 1. The number of rotatable bonds is 7. The van der Waals surface area contributed by atoms with Crippen LogP contribution in [-0.4, -0.2) is 35.5 Å². The molecule has 1 N–H and O–H groups in total. The molecule has 1 aromatic carbocycles. The molecule has 0 radical (unpaired) electrons. The minimum absolute atomic E-state index is 0.0264. The van der Waals surface area contributed by atoms with Gasteiger partial charge in [0.25, 0.3) is 11.6 Å². The molecule has 0 bridgehead atoms. The van der Waals surface area contributed by atoms with E-state index >= 15 is 0 Å². The van der Waals surface area contributed by atoms with Crippen LogP contribution in [0.4, 0.5) is 5.69 Å². The van der Waals surface area contributed by atoms with Gasteiger partial charge >= 0.3 is 5.97 Å². The number of carbonyl (C=O) groups excluding carboxylic acids is 2. The fourth-order valence-corrected chi connectivity index (χ4v) is 2.19. The van der Waals surface area contributed by atoms with Crippen molar-refractivity contribution in [1.29, 1.82) is 0 Å². The average molecular weight is 359 g/mol. The minimum Gasteiger partial charge on any atom is -0.478 e. The zero-order chi connectivity index (χ0) is 19.1. The van der Waals surface area contributed by atoms with Gasteiger partial charge in [0, 0.05) is 36.0 Å². The van der Waals surface area contributed by atoms with Crippen LogP contribution >= 0.6 is 0 Å². The van der Waals surface area contributed by atoms with Crippen LogP contribution in [0.2, 0.25) is 0 Å². The number of pyridine rings is 1. The highest BCUT2D eigenvalue weighted by Gasteiger charge is 2.18. The van der Waals surface area contributed by atoms with Gasteiger partial charge < -0.3 is 14.8 Å². The Balaban J connectivity index is 2.23. The lowest BCUT2D eigenvalue weighted by Gasteiger charge is -2.10. The van der Waals surface area contributed by atoms with Crippen molar-refractivity contribution in [2.24, 2.45) is 0 Å². The van der Waals surface area contributed by atoms with Gasteiger partial charge in [-0.15, -0.1) is 0 Å². The number of aromatic nitrogens is 1. The Kier molecular flexibility index (Phi) is 6.20. The Morgan fingerprint density at radius 3 is 2.65 bits per heavy atom. The molecule has 26 heavy (non-hydrogen) atoms. The second kappa shape index (κ2) is 8.56. The van der Waals surface area contributed by atoms with Crippen molar-refractivity contribution >= 4 is 17.6 Å². The van der Waals surface area contributed by atoms with Crippen LogP contribution < -0.4 is 10.1 Å². The molecular formula is C17H17N3O6. The molecule has 0 atom stereocenters. The van der Waals surface area contributed by atoms with Crippen LogP contribution in [0.5, 0.6) is 5.88 Å². The van der Waals surface area contributed by atoms with E-state index in [1.54, 1.807) is 18.3 Å². The van der Waals surface area contributed by atoms with Crippen molar-refractivity contribution in [1.82, 2.24) is 10.3 Å². The molecule has 9 nitrogen and oxygen atoms in total. The van der Waals surface area contributed by atoms with Crippen LogP contribution in [0.15, 0.2) is 36.5 Å². The molecule has 0 fully saturated rings. The smallest absolute Gasteiger partial charge is 0.338 e. The van der Waals surface area contributed by atoms with Crippen LogP contribution in [0, 0.1) is 10.1 Å². The lowest BCUT2D eigenvalue weighted by Crippen LogP contribution is -2.24. The molecule has 0 unspecified atom stereocenters. The molecule has 0 aliphatic rings. The van der Waals surface area contributed by atoms with Crippen LogP contribution in [0.3, 0.4) is 0 Å². The van der Waals surface area contributed by atoms with Gasteiger partial charge in [-0.05, 0) is 19.1 Å². The maximum absolute atomic E-state index is 12.4. The van der Waals surface area contributed by atoms with Crippen molar-refractivity contribution < 1.29 is 24.0 Å². The van der Waals surface area contributed by atoms with E-state index < -0.39 is 16.8 Å². The summed E-state index contributed by atoms with van der Waals surface area (Å²) in [6.45, 7) is 2.35. The van der Waals surface area contributed by atoms with Gasteiger partial charge in [0.1, 0.15) is 0 Å². The first kappa shape index (κ1) is 18.8. The third-order valence-corrected chi connectivity index (χ3v) is 3.38. The maximum atomic E-state index is 12.4. The second-order valence-corrected chi connectivity index (χ2v) is 5.10. The number of hydrogen-bond acceptors (Lipinski definition) is 7. The normalized spacial score (nSPS) is 10.1. The van der Waals surface area contributed by atoms with Crippen molar-refractivity contribution in [3.63, 3.8) is 0 Å². The summed E-state index contributed by atoms with van der Waals surface area (Å²) in [5, 5.41) is 13.7. The highest BCUT2D eigenvalue weighted by atomic mass is 16.6. The fraction of sp³-hybridized carbons (Fsp3) is 0.235. The molecule has 0 saturated carbocycles. The fourth-order valence-electron chi connectivity index (χ4n) is 2.19. The Hall–Kier alpha value is -3.49. The van der Waals surface area contributed by atoms with Gasteiger partial charge in [0.15, 0.2) is 0 Å². The molecule has 0 spiro atoms. The number of ether oxygens (including phenoxy) is 2. The number of non-ortho nitro benzene ring substituents is 1.